The number of aliphatic hydroxyl groups is 1. The van der Waals surface area contributed by atoms with Crippen molar-refractivity contribution in [3.63, 3.8) is 0 Å². The largest absolute Gasteiger partial charge is 0.462 e. The Labute approximate surface area is 184 Å². The van der Waals surface area contributed by atoms with Crippen LogP contribution in [0.25, 0.3) is 0 Å². The van der Waals surface area contributed by atoms with E-state index in [1.165, 1.54) is 78.1 Å². The van der Waals surface area contributed by atoms with Crippen LogP contribution in [0.1, 0.15) is 117 Å². The summed E-state index contributed by atoms with van der Waals surface area (Å²) >= 11 is 0. The zero-order valence-corrected chi connectivity index (χ0v) is 19.8. The molecule has 1 unspecified atom stereocenters. The summed E-state index contributed by atoms with van der Waals surface area (Å²) in [5, 5.41) is 9.69. The number of hydrogen-bond acceptors (Lipinski definition) is 5. The van der Waals surface area contributed by atoms with Gasteiger partial charge in [0.1, 0.15) is 6.61 Å². The number of esters is 2. The van der Waals surface area contributed by atoms with E-state index in [1.54, 1.807) is 0 Å². The van der Waals surface area contributed by atoms with E-state index < -0.39 is 17.5 Å². The van der Waals surface area contributed by atoms with Crippen molar-refractivity contribution in [2.45, 2.75) is 123 Å². The van der Waals surface area contributed by atoms with Gasteiger partial charge in [-0.25, -0.2) is 0 Å². The van der Waals surface area contributed by atoms with Gasteiger partial charge in [0.05, 0.1) is 6.61 Å². The van der Waals surface area contributed by atoms with E-state index in [2.05, 4.69) is 19.1 Å². The number of allylic oxidation sites excluding steroid dienone is 2. The smallest absolute Gasteiger partial charge is 0.303 e. The zero-order chi connectivity index (χ0) is 22.5. The molecule has 0 fully saturated rings. The minimum atomic E-state index is -1.11. The molecule has 0 bridgehead atoms. The van der Waals surface area contributed by atoms with Crippen molar-refractivity contribution in [3.8, 4) is 0 Å². The topological polar surface area (TPSA) is 72.8 Å². The minimum Gasteiger partial charge on any atom is -0.462 e. The number of carbonyl (C=O) groups excluding carboxylic acids is 2. The predicted octanol–water partition coefficient (Wildman–Crippen LogP) is 6.27. The van der Waals surface area contributed by atoms with Gasteiger partial charge in [-0.2, -0.15) is 0 Å². The molecule has 5 nitrogen and oxygen atoms in total. The van der Waals surface area contributed by atoms with Crippen molar-refractivity contribution in [2.24, 2.45) is 0 Å². The molecule has 0 aromatic heterocycles. The second-order valence-corrected chi connectivity index (χ2v) is 8.40. The molecule has 0 aromatic rings. The number of unbranched alkanes of at least 4 members (excludes halogenated alkanes) is 12. The van der Waals surface area contributed by atoms with Crippen LogP contribution in [0.4, 0.5) is 0 Å². The lowest BCUT2D eigenvalue weighted by Crippen LogP contribution is -2.43. The van der Waals surface area contributed by atoms with E-state index in [1.807, 2.05) is 0 Å². The third-order valence-corrected chi connectivity index (χ3v) is 5.33. The molecule has 1 N–H and O–H groups in total. The molecule has 5 heteroatoms. The Balaban J connectivity index is 3.74. The molecule has 0 saturated heterocycles. The summed E-state index contributed by atoms with van der Waals surface area (Å²) in [5.74, 6) is -0.915. The summed E-state index contributed by atoms with van der Waals surface area (Å²) in [4.78, 5) is 22.4. The average Bonchev–Trinajstić information content (AvgIpc) is 2.71. The molecule has 0 aliphatic heterocycles. The molecular formula is C25H46O5. The van der Waals surface area contributed by atoms with Gasteiger partial charge in [0.15, 0.2) is 5.60 Å². The van der Waals surface area contributed by atoms with Crippen molar-refractivity contribution in [3.05, 3.63) is 12.2 Å². The monoisotopic (exact) mass is 426 g/mol. The molecule has 0 amide bonds. The van der Waals surface area contributed by atoms with Crippen LogP contribution in [0.15, 0.2) is 12.2 Å². The van der Waals surface area contributed by atoms with Crippen LogP contribution in [0.2, 0.25) is 0 Å². The van der Waals surface area contributed by atoms with Crippen molar-refractivity contribution in [1.82, 2.24) is 0 Å². The van der Waals surface area contributed by atoms with Crippen LogP contribution in [-0.2, 0) is 19.1 Å². The quantitative estimate of drug-likeness (QED) is 0.141. The number of ether oxygens (including phenoxy) is 2. The molecule has 0 aliphatic carbocycles. The molecule has 0 rings (SSSR count). The third kappa shape index (κ3) is 17.5. The highest BCUT2D eigenvalue weighted by Gasteiger charge is 2.34. The number of aliphatic hydroxyl groups excluding tert-OH is 1. The van der Waals surface area contributed by atoms with E-state index in [4.69, 9.17) is 9.47 Å². The normalized spacial score (nSPS) is 13.3. The lowest BCUT2D eigenvalue weighted by atomic mass is 9.96. The summed E-state index contributed by atoms with van der Waals surface area (Å²) in [6, 6.07) is 0. The van der Waals surface area contributed by atoms with E-state index in [9.17, 15) is 14.7 Å². The molecule has 0 aromatic carbocycles. The van der Waals surface area contributed by atoms with E-state index in [0.717, 1.165) is 25.7 Å². The second kappa shape index (κ2) is 19.6. The Morgan fingerprint density at radius 3 is 1.73 bits per heavy atom. The Kier molecular flexibility index (Phi) is 18.7. The first-order chi connectivity index (χ1) is 14.5. The molecular weight excluding hydrogens is 380 g/mol. The van der Waals surface area contributed by atoms with Gasteiger partial charge >= 0.3 is 11.9 Å². The van der Waals surface area contributed by atoms with Crippen LogP contribution in [-0.4, -0.2) is 35.9 Å². The summed E-state index contributed by atoms with van der Waals surface area (Å²) < 4.78 is 10.3. The molecule has 0 saturated carbocycles. The summed E-state index contributed by atoms with van der Waals surface area (Å²) in [6.45, 7) is 4.43. The molecule has 176 valence electrons. The molecule has 0 aliphatic rings. The highest BCUT2D eigenvalue weighted by atomic mass is 16.6. The highest BCUT2D eigenvalue weighted by Crippen LogP contribution is 2.22. The van der Waals surface area contributed by atoms with Gasteiger partial charge in [0.2, 0.25) is 0 Å². The summed E-state index contributed by atoms with van der Waals surface area (Å²) in [7, 11) is 0. The summed E-state index contributed by atoms with van der Waals surface area (Å²) in [6.07, 6.45) is 22.3. The van der Waals surface area contributed by atoms with E-state index in [0.29, 0.717) is 6.42 Å². The van der Waals surface area contributed by atoms with Gasteiger partial charge < -0.3 is 14.6 Å². The molecule has 0 heterocycles. The molecule has 0 radical (unpaired) electrons. The summed E-state index contributed by atoms with van der Waals surface area (Å²) in [5.41, 5.74) is -1.11. The van der Waals surface area contributed by atoms with Crippen LogP contribution in [0.5, 0.6) is 0 Å². The van der Waals surface area contributed by atoms with E-state index >= 15 is 0 Å². The molecule has 30 heavy (non-hydrogen) atoms. The lowest BCUT2D eigenvalue weighted by molar-refractivity contribution is -0.177. The second-order valence-electron chi connectivity index (χ2n) is 8.40. The van der Waals surface area contributed by atoms with Gasteiger partial charge in [-0.3, -0.25) is 9.59 Å². The maximum absolute atomic E-state index is 11.4. The first-order valence-electron chi connectivity index (χ1n) is 12.0. The lowest BCUT2D eigenvalue weighted by Gasteiger charge is -2.30. The SMILES string of the molecule is CCCCCCCC/C=C\CCCCCCCCC(CO)(COC(C)=O)OC(C)=O. The van der Waals surface area contributed by atoms with Crippen molar-refractivity contribution in [2.75, 3.05) is 13.2 Å². The Morgan fingerprint density at radius 1 is 0.767 bits per heavy atom. The zero-order valence-electron chi connectivity index (χ0n) is 19.8. The van der Waals surface area contributed by atoms with Crippen molar-refractivity contribution < 1.29 is 24.2 Å². The Bertz CT molecular complexity index is 460. The first-order valence-corrected chi connectivity index (χ1v) is 12.0. The highest BCUT2D eigenvalue weighted by molar-refractivity contribution is 5.67. The standard InChI is InChI=1S/C25H46O5/c1-4-5-6-7-8-9-10-11-12-13-14-15-16-17-18-19-20-25(21-26,30-24(3)28)22-29-23(2)27/h11-12,26H,4-10,13-22H2,1-3H3/b12-11-. The number of carbonyl (C=O) groups is 2. The predicted molar refractivity (Wildman–Crippen MR) is 122 cm³/mol. The maximum Gasteiger partial charge on any atom is 0.303 e. The Hall–Kier alpha value is -1.36. The fraction of sp³-hybridized carbons (Fsp3) is 0.840. The van der Waals surface area contributed by atoms with Gasteiger partial charge in [0.25, 0.3) is 0 Å². The maximum atomic E-state index is 11.4. The van der Waals surface area contributed by atoms with Crippen molar-refractivity contribution in [1.29, 1.82) is 0 Å². The molecule has 0 spiro atoms. The van der Waals surface area contributed by atoms with Gasteiger partial charge in [-0.05, 0) is 38.5 Å². The van der Waals surface area contributed by atoms with Crippen molar-refractivity contribution >= 4 is 11.9 Å². The third-order valence-electron chi connectivity index (χ3n) is 5.33. The van der Waals surface area contributed by atoms with Gasteiger partial charge in [-0.1, -0.05) is 76.9 Å². The number of hydrogen-bond donors (Lipinski definition) is 1. The molecule has 1 atom stereocenters. The minimum absolute atomic E-state index is 0.0938. The van der Waals surface area contributed by atoms with Crippen LogP contribution in [0, 0.1) is 0 Å². The fourth-order valence-corrected chi connectivity index (χ4v) is 3.54. The first kappa shape index (κ1) is 28.6. The van der Waals surface area contributed by atoms with Gasteiger partial charge in [0, 0.05) is 13.8 Å². The van der Waals surface area contributed by atoms with Gasteiger partial charge in [-0.15, -0.1) is 0 Å². The average molecular weight is 427 g/mol. The van der Waals surface area contributed by atoms with E-state index in [-0.39, 0.29) is 13.2 Å². The van der Waals surface area contributed by atoms with Crippen LogP contribution >= 0.6 is 0 Å². The fourth-order valence-electron chi connectivity index (χ4n) is 3.54. The van der Waals surface area contributed by atoms with Crippen LogP contribution in [0.3, 0.4) is 0 Å². The number of rotatable bonds is 20. The Morgan fingerprint density at radius 2 is 1.27 bits per heavy atom. The van der Waals surface area contributed by atoms with Crippen LogP contribution < -0.4 is 0 Å².